The number of aromatic nitrogens is 1. The van der Waals surface area contributed by atoms with E-state index in [1.165, 1.54) is 73.7 Å². The molecule has 2 fully saturated rings. The highest BCUT2D eigenvalue weighted by Gasteiger charge is 2.20. The highest BCUT2D eigenvalue weighted by molar-refractivity contribution is 7.15. The lowest BCUT2D eigenvalue weighted by atomic mass is 10.2. The van der Waals surface area contributed by atoms with Gasteiger partial charge >= 0.3 is 0 Å². The van der Waals surface area contributed by atoms with Crippen molar-refractivity contribution in [1.82, 2.24) is 10.3 Å². The van der Waals surface area contributed by atoms with Crippen molar-refractivity contribution < 1.29 is 0 Å². The molecule has 1 aromatic rings. The Balaban J connectivity index is 1.66. The van der Waals surface area contributed by atoms with E-state index in [1.807, 2.05) is 11.3 Å². The standard InChI is InChI=1S/C16H27N3S/c1-2-7-14-15(12-17-13-8-3-4-9-13)20-16(18-14)19-10-5-6-11-19/h13,17H,2-12H2,1H3. The molecule has 2 heterocycles. The van der Waals surface area contributed by atoms with Crippen LogP contribution in [0, 0.1) is 0 Å². The minimum atomic E-state index is 0.752. The highest BCUT2D eigenvalue weighted by atomic mass is 32.1. The zero-order chi connectivity index (χ0) is 13.8. The van der Waals surface area contributed by atoms with Crippen molar-refractivity contribution in [3.8, 4) is 0 Å². The van der Waals surface area contributed by atoms with Gasteiger partial charge in [-0.05, 0) is 32.1 Å². The molecule has 3 rings (SSSR count). The van der Waals surface area contributed by atoms with Gasteiger partial charge in [0.1, 0.15) is 0 Å². The van der Waals surface area contributed by atoms with Gasteiger partial charge in [-0.2, -0.15) is 0 Å². The molecule has 112 valence electrons. The van der Waals surface area contributed by atoms with Crippen molar-refractivity contribution in [3.63, 3.8) is 0 Å². The molecule has 4 heteroatoms. The van der Waals surface area contributed by atoms with Gasteiger partial charge in [0.15, 0.2) is 5.13 Å². The molecule has 0 bridgehead atoms. The highest BCUT2D eigenvalue weighted by Crippen LogP contribution is 2.30. The van der Waals surface area contributed by atoms with E-state index in [-0.39, 0.29) is 0 Å². The van der Waals surface area contributed by atoms with Gasteiger partial charge in [-0.25, -0.2) is 4.98 Å². The maximum Gasteiger partial charge on any atom is 0.185 e. The number of nitrogens with zero attached hydrogens (tertiary/aromatic N) is 2. The molecule has 3 nitrogen and oxygen atoms in total. The Hall–Kier alpha value is -0.610. The van der Waals surface area contributed by atoms with Gasteiger partial charge in [0, 0.05) is 30.6 Å². The molecule has 2 aliphatic rings. The summed E-state index contributed by atoms with van der Waals surface area (Å²) in [6.07, 6.45) is 10.5. The summed E-state index contributed by atoms with van der Waals surface area (Å²) >= 11 is 1.93. The Bertz CT molecular complexity index is 417. The van der Waals surface area contributed by atoms with Crippen LogP contribution in [0.2, 0.25) is 0 Å². The van der Waals surface area contributed by atoms with Crippen molar-refractivity contribution in [3.05, 3.63) is 10.6 Å². The smallest absolute Gasteiger partial charge is 0.185 e. The SMILES string of the molecule is CCCc1nc(N2CCCC2)sc1CNC1CCCC1. The maximum absolute atomic E-state index is 4.93. The fraction of sp³-hybridized carbons (Fsp3) is 0.812. The molecule has 0 atom stereocenters. The molecule has 1 aromatic heterocycles. The number of rotatable bonds is 6. The fourth-order valence-electron chi connectivity index (χ4n) is 3.35. The van der Waals surface area contributed by atoms with Gasteiger partial charge in [-0.15, -0.1) is 11.3 Å². The van der Waals surface area contributed by atoms with Crippen LogP contribution in [0.15, 0.2) is 0 Å². The van der Waals surface area contributed by atoms with Crippen LogP contribution in [0.4, 0.5) is 5.13 Å². The fourth-order valence-corrected chi connectivity index (χ4v) is 4.46. The summed E-state index contributed by atoms with van der Waals surface area (Å²) in [5, 5.41) is 5.02. The quantitative estimate of drug-likeness (QED) is 0.866. The van der Waals surface area contributed by atoms with Crippen LogP contribution < -0.4 is 10.2 Å². The Morgan fingerprint density at radius 3 is 2.65 bits per heavy atom. The Morgan fingerprint density at radius 2 is 1.95 bits per heavy atom. The third kappa shape index (κ3) is 3.34. The van der Waals surface area contributed by atoms with E-state index in [9.17, 15) is 0 Å². The van der Waals surface area contributed by atoms with Gasteiger partial charge < -0.3 is 10.2 Å². The minimum absolute atomic E-state index is 0.752. The molecule has 1 aliphatic carbocycles. The van der Waals surface area contributed by atoms with Crippen molar-refractivity contribution in [2.24, 2.45) is 0 Å². The van der Waals surface area contributed by atoms with E-state index in [4.69, 9.17) is 4.98 Å². The summed E-state index contributed by atoms with van der Waals surface area (Å²) in [5.41, 5.74) is 1.35. The average molecular weight is 293 g/mol. The molecule has 0 aromatic carbocycles. The van der Waals surface area contributed by atoms with E-state index in [1.54, 1.807) is 0 Å². The van der Waals surface area contributed by atoms with Crippen LogP contribution in [0.1, 0.15) is 62.4 Å². The first kappa shape index (κ1) is 14.3. The second-order valence-electron chi connectivity index (χ2n) is 6.17. The molecule has 0 unspecified atom stereocenters. The lowest BCUT2D eigenvalue weighted by Gasteiger charge is -2.12. The number of aryl methyl sites for hydroxylation is 1. The first-order valence-corrected chi connectivity index (χ1v) is 9.15. The number of nitrogens with one attached hydrogen (secondary N) is 1. The predicted octanol–water partition coefficient (Wildman–Crippen LogP) is 3.73. The van der Waals surface area contributed by atoms with Gasteiger partial charge in [-0.1, -0.05) is 26.2 Å². The first-order valence-electron chi connectivity index (χ1n) is 8.33. The van der Waals surface area contributed by atoms with Gasteiger partial charge in [0.2, 0.25) is 0 Å². The lowest BCUT2D eigenvalue weighted by molar-refractivity contribution is 0.525. The first-order chi connectivity index (χ1) is 9.86. The second kappa shape index (κ2) is 6.90. The summed E-state index contributed by atoms with van der Waals surface area (Å²) in [6.45, 7) is 5.69. The normalized spacial score (nSPS) is 20.1. The second-order valence-corrected chi connectivity index (χ2v) is 7.23. The van der Waals surface area contributed by atoms with Crippen LogP contribution >= 0.6 is 11.3 Å². The van der Waals surface area contributed by atoms with E-state index in [0.717, 1.165) is 19.0 Å². The number of hydrogen-bond donors (Lipinski definition) is 1. The number of anilines is 1. The monoisotopic (exact) mass is 293 g/mol. The molecule has 1 N–H and O–H groups in total. The Labute approximate surface area is 126 Å². The molecule has 20 heavy (non-hydrogen) atoms. The Morgan fingerprint density at radius 1 is 1.20 bits per heavy atom. The Kier molecular flexibility index (Phi) is 4.94. The largest absolute Gasteiger partial charge is 0.348 e. The van der Waals surface area contributed by atoms with Gasteiger partial charge in [0.05, 0.1) is 5.69 Å². The third-order valence-electron chi connectivity index (χ3n) is 4.54. The zero-order valence-corrected chi connectivity index (χ0v) is 13.5. The molecular weight excluding hydrogens is 266 g/mol. The summed E-state index contributed by atoms with van der Waals surface area (Å²) in [5.74, 6) is 0. The number of hydrogen-bond acceptors (Lipinski definition) is 4. The minimum Gasteiger partial charge on any atom is -0.348 e. The summed E-state index contributed by atoms with van der Waals surface area (Å²) in [4.78, 5) is 8.89. The van der Waals surface area contributed by atoms with Crippen LogP contribution in [0.25, 0.3) is 0 Å². The topological polar surface area (TPSA) is 28.2 Å². The van der Waals surface area contributed by atoms with E-state index >= 15 is 0 Å². The lowest BCUT2D eigenvalue weighted by Crippen LogP contribution is -2.25. The predicted molar refractivity (Wildman–Crippen MR) is 86.7 cm³/mol. The molecule has 0 amide bonds. The summed E-state index contributed by atoms with van der Waals surface area (Å²) in [6, 6.07) is 0.752. The summed E-state index contributed by atoms with van der Waals surface area (Å²) < 4.78 is 0. The van der Waals surface area contributed by atoms with Crippen LogP contribution in [-0.2, 0) is 13.0 Å². The molecular formula is C16H27N3S. The van der Waals surface area contributed by atoms with Gasteiger partial charge in [-0.3, -0.25) is 0 Å². The average Bonchev–Trinajstić information content (AvgIpc) is 3.19. The van der Waals surface area contributed by atoms with Crippen molar-refractivity contribution in [2.75, 3.05) is 18.0 Å². The van der Waals surface area contributed by atoms with Gasteiger partial charge in [0.25, 0.3) is 0 Å². The van der Waals surface area contributed by atoms with Crippen LogP contribution in [0.3, 0.4) is 0 Å². The molecule has 1 saturated carbocycles. The number of thiazole rings is 1. The van der Waals surface area contributed by atoms with Crippen molar-refractivity contribution in [1.29, 1.82) is 0 Å². The van der Waals surface area contributed by atoms with Crippen LogP contribution in [0.5, 0.6) is 0 Å². The van der Waals surface area contributed by atoms with Crippen molar-refractivity contribution in [2.45, 2.75) is 70.9 Å². The molecule has 1 saturated heterocycles. The van der Waals surface area contributed by atoms with Crippen LogP contribution in [-0.4, -0.2) is 24.1 Å². The maximum atomic E-state index is 4.93. The molecule has 1 aliphatic heterocycles. The van der Waals surface area contributed by atoms with E-state index in [2.05, 4.69) is 17.1 Å². The molecule has 0 spiro atoms. The van der Waals surface area contributed by atoms with E-state index in [0.29, 0.717) is 0 Å². The van der Waals surface area contributed by atoms with E-state index < -0.39 is 0 Å². The molecule has 0 radical (unpaired) electrons. The van der Waals surface area contributed by atoms with Crippen molar-refractivity contribution >= 4 is 16.5 Å². The zero-order valence-electron chi connectivity index (χ0n) is 12.7. The third-order valence-corrected chi connectivity index (χ3v) is 5.70. The summed E-state index contributed by atoms with van der Waals surface area (Å²) in [7, 11) is 0.